The smallest absolute Gasteiger partial charge is 0.0788 e. The molecule has 0 radical (unpaired) electrons. The molecule has 32 heavy (non-hydrogen) atoms. The molecule has 0 spiro atoms. The number of hydrogen-bond donors (Lipinski definition) is 2. The van der Waals surface area contributed by atoms with Gasteiger partial charge in [-0.15, -0.1) is 0 Å². The molecule has 6 rings (SSSR count). The Labute approximate surface area is 188 Å². The molecule has 2 saturated carbocycles. The van der Waals surface area contributed by atoms with E-state index in [9.17, 15) is 5.11 Å². The summed E-state index contributed by atoms with van der Waals surface area (Å²) in [4.78, 5) is 9.50. The van der Waals surface area contributed by atoms with Gasteiger partial charge in [0.2, 0.25) is 0 Å². The first-order valence-electron chi connectivity index (χ1n) is 11.4. The van der Waals surface area contributed by atoms with E-state index in [1.807, 2.05) is 25.3 Å². The number of rotatable bonds is 4. The third-order valence-electron chi connectivity index (χ3n) is 7.34. The number of nitrogens with two attached hydrogens (primary N) is 1. The van der Waals surface area contributed by atoms with Gasteiger partial charge in [0.1, 0.15) is 0 Å². The van der Waals surface area contributed by atoms with Gasteiger partial charge in [-0.05, 0) is 61.8 Å². The van der Waals surface area contributed by atoms with Crippen molar-refractivity contribution in [3.63, 3.8) is 0 Å². The summed E-state index contributed by atoms with van der Waals surface area (Å²) >= 11 is 0. The van der Waals surface area contributed by atoms with Crippen molar-refractivity contribution in [2.75, 3.05) is 0 Å². The Kier molecular flexibility index (Phi) is 4.26. The third-order valence-corrected chi connectivity index (χ3v) is 7.34. The molecule has 0 atom stereocenters. The standard InChI is InChI=1S/C28H27N3O/c1-18-23-15-24(19-5-3-2-4-6-19)26(31-25(23)13-14-30-18)20-7-9-21(10-8-20)27(29)16-28(32,17-27)22-11-12-22/h2-10,13-15,22,32H,11-12,16-17,29H2,1H3/t27-,28-. The van der Waals surface area contributed by atoms with Crippen molar-refractivity contribution in [3.05, 3.63) is 84.2 Å². The predicted octanol–water partition coefficient (Wildman–Crippen LogP) is 5.36. The number of hydrogen-bond acceptors (Lipinski definition) is 4. The molecule has 2 aliphatic rings. The molecule has 2 fully saturated rings. The number of pyridine rings is 2. The van der Waals surface area contributed by atoms with Crippen LogP contribution in [-0.2, 0) is 5.54 Å². The van der Waals surface area contributed by atoms with Gasteiger partial charge in [-0.25, -0.2) is 4.98 Å². The largest absolute Gasteiger partial charge is 0.389 e. The summed E-state index contributed by atoms with van der Waals surface area (Å²) in [5, 5.41) is 11.8. The zero-order chi connectivity index (χ0) is 21.9. The molecule has 0 bridgehead atoms. The van der Waals surface area contributed by atoms with E-state index in [1.54, 1.807) is 0 Å². The van der Waals surface area contributed by atoms with Gasteiger partial charge < -0.3 is 10.8 Å². The van der Waals surface area contributed by atoms with Gasteiger partial charge in [-0.3, -0.25) is 4.98 Å². The molecule has 160 valence electrons. The number of nitrogens with zero attached hydrogens (tertiary/aromatic N) is 2. The first-order valence-corrected chi connectivity index (χ1v) is 11.4. The number of aromatic nitrogens is 2. The van der Waals surface area contributed by atoms with Gasteiger partial charge in [0.05, 0.1) is 16.8 Å². The van der Waals surface area contributed by atoms with Gasteiger partial charge in [-0.1, -0.05) is 54.6 Å². The second kappa shape index (κ2) is 6.96. The number of aryl methyl sites for hydroxylation is 1. The second-order valence-corrected chi connectivity index (χ2v) is 9.68. The van der Waals surface area contributed by atoms with Crippen LogP contribution in [0, 0.1) is 12.8 Å². The van der Waals surface area contributed by atoms with E-state index in [2.05, 4.69) is 59.6 Å². The lowest BCUT2D eigenvalue weighted by Gasteiger charge is -2.52. The lowest BCUT2D eigenvalue weighted by Crippen LogP contribution is -2.60. The van der Waals surface area contributed by atoms with Crippen molar-refractivity contribution in [2.45, 2.75) is 43.7 Å². The van der Waals surface area contributed by atoms with Crippen LogP contribution in [0.15, 0.2) is 72.9 Å². The minimum Gasteiger partial charge on any atom is -0.389 e. The molecule has 2 aromatic heterocycles. The van der Waals surface area contributed by atoms with Crippen molar-refractivity contribution in [3.8, 4) is 22.4 Å². The molecule has 2 aliphatic carbocycles. The highest BCUT2D eigenvalue weighted by Gasteiger charge is 2.58. The Balaban J connectivity index is 1.41. The monoisotopic (exact) mass is 421 g/mol. The fourth-order valence-corrected chi connectivity index (χ4v) is 5.41. The minimum absolute atomic E-state index is 0.433. The van der Waals surface area contributed by atoms with Crippen molar-refractivity contribution in [1.82, 2.24) is 9.97 Å². The fraction of sp³-hybridized carbons (Fsp3) is 0.286. The first kappa shape index (κ1) is 19.6. The zero-order valence-corrected chi connectivity index (χ0v) is 18.3. The van der Waals surface area contributed by atoms with E-state index in [0.29, 0.717) is 18.8 Å². The van der Waals surface area contributed by atoms with E-state index in [0.717, 1.165) is 57.4 Å². The lowest BCUT2D eigenvalue weighted by atomic mass is 9.60. The number of fused-ring (bicyclic) bond motifs is 1. The van der Waals surface area contributed by atoms with E-state index in [-0.39, 0.29) is 0 Å². The molecule has 2 aromatic carbocycles. The molecular weight excluding hydrogens is 394 g/mol. The molecule has 0 amide bonds. The SMILES string of the molecule is Cc1nccc2nc(-c3ccc([C@]4(N)C[C@@](O)(C5CC5)C4)cc3)c(-c3ccccc3)cc12. The van der Waals surface area contributed by atoms with E-state index < -0.39 is 11.1 Å². The maximum absolute atomic E-state index is 10.8. The molecule has 3 N–H and O–H groups in total. The average Bonchev–Trinajstić information content (AvgIpc) is 3.64. The van der Waals surface area contributed by atoms with Gasteiger partial charge in [0, 0.05) is 33.9 Å². The van der Waals surface area contributed by atoms with Crippen molar-refractivity contribution in [1.29, 1.82) is 0 Å². The topological polar surface area (TPSA) is 72.0 Å². The van der Waals surface area contributed by atoms with Crippen LogP contribution in [0.25, 0.3) is 33.3 Å². The van der Waals surface area contributed by atoms with Crippen LogP contribution >= 0.6 is 0 Å². The molecule has 2 heterocycles. The van der Waals surface area contributed by atoms with Crippen molar-refractivity contribution in [2.24, 2.45) is 11.7 Å². The number of aliphatic hydroxyl groups is 1. The molecule has 4 aromatic rings. The van der Waals surface area contributed by atoms with Gasteiger partial charge >= 0.3 is 0 Å². The zero-order valence-electron chi connectivity index (χ0n) is 18.3. The Morgan fingerprint density at radius 2 is 1.66 bits per heavy atom. The van der Waals surface area contributed by atoms with Crippen LogP contribution in [0.5, 0.6) is 0 Å². The molecule has 0 aliphatic heterocycles. The molecule has 0 unspecified atom stereocenters. The lowest BCUT2D eigenvalue weighted by molar-refractivity contribution is -0.106. The number of benzene rings is 2. The third kappa shape index (κ3) is 3.14. The van der Waals surface area contributed by atoms with Gasteiger partial charge in [0.25, 0.3) is 0 Å². The Hall–Kier alpha value is -3.08. The van der Waals surface area contributed by atoms with Crippen LogP contribution in [0.3, 0.4) is 0 Å². The second-order valence-electron chi connectivity index (χ2n) is 9.68. The van der Waals surface area contributed by atoms with Crippen LogP contribution in [-0.4, -0.2) is 20.7 Å². The average molecular weight is 422 g/mol. The van der Waals surface area contributed by atoms with Crippen LogP contribution < -0.4 is 5.73 Å². The highest BCUT2D eigenvalue weighted by Crippen LogP contribution is 2.57. The summed E-state index contributed by atoms with van der Waals surface area (Å²) in [5.41, 5.74) is 12.9. The predicted molar refractivity (Wildman–Crippen MR) is 128 cm³/mol. The summed E-state index contributed by atoms with van der Waals surface area (Å²) in [6, 6.07) is 23.0. The highest BCUT2D eigenvalue weighted by molar-refractivity contribution is 5.92. The summed E-state index contributed by atoms with van der Waals surface area (Å²) in [6.07, 6.45) is 5.39. The van der Waals surface area contributed by atoms with Crippen LogP contribution in [0.2, 0.25) is 0 Å². The molecule has 4 heteroatoms. The Bertz CT molecular complexity index is 1300. The van der Waals surface area contributed by atoms with Crippen molar-refractivity contribution >= 4 is 10.9 Å². The Morgan fingerprint density at radius 1 is 0.938 bits per heavy atom. The quantitative estimate of drug-likeness (QED) is 0.465. The molecular formula is C28H27N3O. The van der Waals surface area contributed by atoms with E-state index in [4.69, 9.17) is 10.7 Å². The van der Waals surface area contributed by atoms with E-state index >= 15 is 0 Å². The van der Waals surface area contributed by atoms with Crippen LogP contribution in [0.1, 0.15) is 36.9 Å². The molecule has 0 saturated heterocycles. The summed E-state index contributed by atoms with van der Waals surface area (Å²) in [5.74, 6) is 0.451. The van der Waals surface area contributed by atoms with E-state index in [1.165, 1.54) is 0 Å². The Morgan fingerprint density at radius 3 is 2.34 bits per heavy atom. The van der Waals surface area contributed by atoms with Crippen molar-refractivity contribution < 1.29 is 5.11 Å². The van der Waals surface area contributed by atoms with Gasteiger partial charge in [0.15, 0.2) is 0 Å². The van der Waals surface area contributed by atoms with Gasteiger partial charge in [-0.2, -0.15) is 0 Å². The minimum atomic E-state index is -0.556. The molecule has 4 nitrogen and oxygen atoms in total. The maximum atomic E-state index is 10.8. The first-order chi connectivity index (χ1) is 15.5. The normalized spacial score (nSPS) is 25.0. The summed E-state index contributed by atoms with van der Waals surface area (Å²) in [6.45, 7) is 2.02. The van der Waals surface area contributed by atoms with Crippen LogP contribution in [0.4, 0.5) is 0 Å². The highest BCUT2D eigenvalue weighted by atomic mass is 16.3. The summed E-state index contributed by atoms with van der Waals surface area (Å²) < 4.78 is 0. The fourth-order valence-electron chi connectivity index (χ4n) is 5.41. The summed E-state index contributed by atoms with van der Waals surface area (Å²) in [7, 11) is 0. The maximum Gasteiger partial charge on any atom is 0.0788 e.